The SMILES string of the molecule is C[C@H](CCCCCCCCC[C@@H](C)Cc1ccccc1)Cc1ccccc1. The maximum Gasteiger partial charge on any atom is -0.0253 e. The standard InChI is InChI=1S/C27H40/c1-24(22-26-18-12-8-13-19-26)16-10-6-4-3-5-7-11-17-25(2)23-27-20-14-9-15-21-27/h8-9,12-15,18-21,24-25H,3-7,10-11,16-17,22-23H2,1-2H3/t24-,25-/m1/s1. The Morgan fingerprint density at radius 1 is 0.481 bits per heavy atom. The lowest BCUT2D eigenvalue weighted by Crippen LogP contribution is -2.00. The molecule has 148 valence electrons. The van der Waals surface area contributed by atoms with E-state index in [-0.39, 0.29) is 0 Å². The Hall–Kier alpha value is -1.56. The first kappa shape index (κ1) is 21.7. The fourth-order valence-electron chi connectivity index (χ4n) is 4.11. The van der Waals surface area contributed by atoms with Crippen molar-refractivity contribution < 1.29 is 0 Å². The van der Waals surface area contributed by atoms with Crippen LogP contribution in [0.1, 0.15) is 82.8 Å². The molecule has 0 heterocycles. The molecule has 0 unspecified atom stereocenters. The van der Waals surface area contributed by atoms with Crippen molar-refractivity contribution >= 4 is 0 Å². The molecule has 2 atom stereocenters. The lowest BCUT2D eigenvalue weighted by molar-refractivity contribution is 0.464. The second-order valence-corrected chi connectivity index (χ2v) is 8.64. The van der Waals surface area contributed by atoms with Crippen LogP contribution in [0.15, 0.2) is 60.7 Å². The molecule has 0 fully saturated rings. The lowest BCUT2D eigenvalue weighted by atomic mass is 9.94. The second kappa shape index (κ2) is 13.6. The molecule has 0 aliphatic rings. The minimum Gasteiger partial charge on any atom is -0.0622 e. The summed E-state index contributed by atoms with van der Waals surface area (Å²) in [6.07, 6.45) is 15.2. The van der Waals surface area contributed by atoms with Crippen molar-refractivity contribution in [3.63, 3.8) is 0 Å². The third kappa shape index (κ3) is 10.4. The van der Waals surface area contributed by atoms with Crippen LogP contribution in [-0.2, 0) is 12.8 Å². The van der Waals surface area contributed by atoms with Crippen LogP contribution in [0.2, 0.25) is 0 Å². The Kier molecular flexibility index (Phi) is 10.9. The molecule has 0 nitrogen and oxygen atoms in total. The molecule has 2 aromatic carbocycles. The first-order valence-corrected chi connectivity index (χ1v) is 11.3. The van der Waals surface area contributed by atoms with Gasteiger partial charge in [-0.25, -0.2) is 0 Å². The molecule has 27 heavy (non-hydrogen) atoms. The van der Waals surface area contributed by atoms with Crippen LogP contribution >= 0.6 is 0 Å². The predicted octanol–water partition coefficient (Wildman–Crippen LogP) is 8.25. The summed E-state index contributed by atoms with van der Waals surface area (Å²) in [5.41, 5.74) is 2.98. The van der Waals surface area contributed by atoms with Gasteiger partial charge in [-0.15, -0.1) is 0 Å². The summed E-state index contributed by atoms with van der Waals surface area (Å²) in [5, 5.41) is 0. The smallest absolute Gasteiger partial charge is 0.0253 e. The van der Waals surface area contributed by atoms with Crippen LogP contribution < -0.4 is 0 Å². The monoisotopic (exact) mass is 364 g/mol. The minimum absolute atomic E-state index is 0.818. The van der Waals surface area contributed by atoms with Crippen LogP contribution in [0.5, 0.6) is 0 Å². The highest BCUT2D eigenvalue weighted by Gasteiger charge is 2.04. The number of unbranched alkanes of at least 4 members (excludes halogenated alkanes) is 6. The van der Waals surface area contributed by atoms with Crippen LogP contribution in [0.4, 0.5) is 0 Å². The molecular weight excluding hydrogens is 324 g/mol. The zero-order chi connectivity index (χ0) is 19.2. The second-order valence-electron chi connectivity index (χ2n) is 8.64. The third-order valence-corrected chi connectivity index (χ3v) is 5.75. The minimum atomic E-state index is 0.818. The molecule has 0 amide bonds. The van der Waals surface area contributed by atoms with Gasteiger partial charge in [0.15, 0.2) is 0 Å². The van der Waals surface area contributed by atoms with E-state index in [0.717, 1.165) is 11.8 Å². The number of rotatable bonds is 14. The van der Waals surface area contributed by atoms with Gasteiger partial charge < -0.3 is 0 Å². The topological polar surface area (TPSA) is 0 Å². The van der Waals surface area contributed by atoms with Gasteiger partial charge in [-0.3, -0.25) is 0 Å². The fourth-order valence-corrected chi connectivity index (χ4v) is 4.11. The number of benzene rings is 2. The van der Waals surface area contributed by atoms with Gasteiger partial charge in [0.1, 0.15) is 0 Å². The summed E-state index contributed by atoms with van der Waals surface area (Å²) in [6.45, 7) is 4.81. The Balaban J connectivity index is 1.39. The zero-order valence-corrected chi connectivity index (χ0v) is 17.7. The molecule has 0 saturated heterocycles. The fraction of sp³-hybridized carbons (Fsp3) is 0.556. The summed E-state index contributed by atoms with van der Waals surface area (Å²) in [6, 6.07) is 21.9. The van der Waals surface area contributed by atoms with Crippen LogP contribution in [0, 0.1) is 11.8 Å². The van der Waals surface area contributed by atoms with Crippen molar-refractivity contribution in [3.8, 4) is 0 Å². The van der Waals surface area contributed by atoms with Crippen molar-refractivity contribution in [1.29, 1.82) is 0 Å². The van der Waals surface area contributed by atoms with Gasteiger partial charge in [0, 0.05) is 0 Å². The quantitative estimate of drug-likeness (QED) is 0.296. The molecule has 2 rings (SSSR count). The van der Waals surface area contributed by atoms with Crippen molar-refractivity contribution in [2.45, 2.75) is 84.5 Å². The van der Waals surface area contributed by atoms with E-state index in [1.807, 2.05) is 0 Å². The molecule has 0 saturated carbocycles. The number of hydrogen-bond acceptors (Lipinski definition) is 0. The molecular formula is C27H40. The van der Waals surface area contributed by atoms with E-state index in [1.54, 1.807) is 0 Å². The van der Waals surface area contributed by atoms with Gasteiger partial charge in [0.25, 0.3) is 0 Å². The summed E-state index contributed by atoms with van der Waals surface area (Å²) < 4.78 is 0. The van der Waals surface area contributed by atoms with E-state index >= 15 is 0 Å². The molecule has 0 bridgehead atoms. The first-order chi connectivity index (χ1) is 13.2. The average molecular weight is 365 g/mol. The molecule has 0 spiro atoms. The number of hydrogen-bond donors (Lipinski definition) is 0. The van der Waals surface area contributed by atoms with Crippen molar-refractivity contribution in [2.75, 3.05) is 0 Å². The molecule has 0 radical (unpaired) electrons. The first-order valence-electron chi connectivity index (χ1n) is 11.3. The van der Waals surface area contributed by atoms with Gasteiger partial charge in [-0.1, -0.05) is 132 Å². The molecule has 0 aliphatic carbocycles. The Labute approximate surface area is 168 Å². The Bertz CT molecular complexity index is 518. The van der Waals surface area contributed by atoms with Gasteiger partial charge in [0.2, 0.25) is 0 Å². The van der Waals surface area contributed by atoms with E-state index in [1.165, 1.54) is 81.8 Å². The van der Waals surface area contributed by atoms with E-state index in [0.29, 0.717) is 0 Å². The molecule has 0 heteroatoms. The average Bonchev–Trinajstić information content (AvgIpc) is 2.68. The van der Waals surface area contributed by atoms with Crippen molar-refractivity contribution in [2.24, 2.45) is 11.8 Å². The molecule has 0 aliphatic heterocycles. The highest BCUT2D eigenvalue weighted by molar-refractivity contribution is 5.15. The van der Waals surface area contributed by atoms with E-state index in [2.05, 4.69) is 74.5 Å². The highest BCUT2D eigenvalue weighted by atomic mass is 14.1. The van der Waals surface area contributed by atoms with Crippen LogP contribution in [0.25, 0.3) is 0 Å². The van der Waals surface area contributed by atoms with Crippen LogP contribution in [-0.4, -0.2) is 0 Å². The highest BCUT2D eigenvalue weighted by Crippen LogP contribution is 2.18. The largest absolute Gasteiger partial charge is 0.0622 e. The maximum absolute atomic E-state index is 2.41. The van der Waals surface area contributed by atoms with Crippen molar-refractivity contribution in [3.05, 3.63) is 71.8 Å². The van der Waals surface area contributed by atoms with Crippen molar-refractivity contribution in [1.82, 2.24) is 0 Å². The molecule has 0 aromatic heterocycles. The van der Waals surface area contributed by atoms with E-state index in [9.17, 15) is 0 Å². The predicted molar refractivity (Wildman–Crippen MR) is 120 cm³/mol. The maximum atomic E-state index is 2.41. The normalized spacial score (nSPS) is 13.4. The van der Waals surface area contributed by atoms with E-state index in [4.69, 9.17) is 0 Å². The van der Waals surface area contributed by atoms with Crippen LogP contribution in [0.3, 0.4) is 0 Å². The van der Waals surface area contributed by atoms with Gasteiger partial charge in [-0.2, -0.15) is 0 Å². The Morgan fingerprint density at radius 2 is 0.815 bits per heavy atom. The summed E-state index contributed by atoms with van der Waals surface area (Å²) >= 11 is 0. The summed E-state index contributed by atoms with van der Waals surface area (Å²) in [4.78, 5) is 0. The zero-order valence-electron chi connectivity index (χ0n) is 17.7. The van der Waals surface area contributed by atoms with Gasteiger partial charge in [0.05, 0.1) is 0 Å². The molecule has 2 aromatic rings. The van der Waals surface area contributed by atoms with Gasteiger partial charge >= 0.3 is 0 Å². The van der Waals surface area contributed by atoms with Gasteiger partial charge in [-0.05, 0) is 35.8 Å². The summed E-state index contributed by atoms with van der Waals surface area (Å²) in [5.74, 6) is 1.64. The van der Waals surface area contributed by atoms with E-state index < -0.39 is 0 Å². The molecule has 0 N–H and O–H groups in total. The third-order valence-electron chi connectivity index (χ3n) is 5.75. The summed E-state index contributed by atoms with van der Waals surface area (Å²) in [7, 11) is 0. The lowest BCUT2D eigenvalue weighted by Gasteiger charge is -2.12. The Morgan fingerprint density at radius 3 is 1.19 bits per heavy atom.